The predicted octanol–water partition coefficient (Wildman–Crippen LogP) is 22.0. The van der Waals surface area contributed by atoms with Crippen molar-refractivity contribution >= 4 is 11.9 Å². The summed E-state index contributed by atoms with van der Waals surface area (Å²) in [5.41, 5.74) is 0. The van der Waals surface area contributed by atoms with Gasteiger partial charge < -0.3 is 20.3 Å². The van der Waals surface area contributed by atoms with Gasteiger partial charge in [0.2, 0.25) is 5.91 Å². The van der Waals surface area contributed by atoms with Gasteiger partial charge in [-0.25, -0.2) is 0 Å². The van der Waals surface area contributed by atoms with Crippen LogP contribution in [0.1, 0.15) is 393 Å². The molecule has 6 heteroatoms. The van der Waals surface area contributed by atoms with Gasteiger partial charge in [-0.3, -0.25) is 9.59 Å². The maximum Gasteiger partial charge on any atom is 0.305 e. The lowest BCUT2D eigenvalue weighted by Gasteiger charge is -2.20. The number of hydrogen-bond donors (Lipinski definition) is 3. The highest BCUT2D eigenvalue weighted by Crippen LogP contribution is 2.19. The molecule has 2 unspecified atom stereocenters. The van der Waals surface area contributed by atoms with Gasteiger partial charge in [0.25, 0.3) is 0 Å². The molecular weight excluding hydrogens is 923 g/mol. The number of carbonyl (C=O) groups is 2. The Bertz CT molecular complexity index is 1130. The Morgan fingerprint density at radius 2 is 0.613 bits per heavy atom. The Morgan fingerprint density at radius 1 is 0.360 bits per heavy atom. The van der Waals surface area contributed by atoms with Crippen LogP contribution < -0.4 is 5.32 Å². The Hall–Kier alpha value is -1.40. The molecule has 0 aromatic rings. The SMILES string of the molecule is CCCCCCCCCCCCC/C=C/C(O)C(CO)NC(=O)CCCCCCCCCCCCCCCCCCCCCCCCCCCCCCCCCCCOC(=O)CCCCCCCCCCCCCC. The topological polar surface area (TPSA) is 95.9 Å². The van der Waals surface area contributed by atoms with Gasteiger partial charge in [0, 0.05) is 12.8 Å². The number of rotatable bonds is 65. The molecular formula is C69H135NO5. The Labute approximate surface area is 469 Å². The highest BCUT2D eigenvalue weighted by Gasteiger charge is 2.18. The first-order chi connectivity index (χ1) is 37.0. The number of aliphatic hydroxyl groups is 2. The molecule has 446 valence electrons. The largest absolute Gasteiger partial charge is 0.466 e. The van der Waals surface area contributed by atoms with Crippen molar-refractivity contribution in [3.63, 3.8) is 0 Å². The molecule has 3 N–H and O–H groups in total. The molecule has 0 aliphatic carbocycles. The fourth-order valence-corrected chi connectivity index (χ4v) is 11.1. The average molecular weight is 1060 g/mol. The first-order valence-corrected chi connectivity index (χ1v) is 34.5. The van der Waals surface area contributed by atoms with Gasteiger partial charge in [0.15, 0.2) is 0 Å². The van der Waals surface area contributed by atoms with Gasteiger partial charge in [0.1, 0.15) is 0 Å². The van der Waals surface area contributed by atoms with Crippen molar-refractivity contribution < 1.29 is 24.5 Å². The second-order valence-electron chi connectivity index (χ2n) is 23.9. The zero-order valence-corrected chi connectivity index (χ0v) is 51.1. The second kappa shape index (κ2) is 65.1. The summed E-state index contributed by atoms with van der Waals surface area (Å²) in [5.74, 6) is -0.0385. The highest BCUT2D eigenvalue weighted by molar-refractivity contribution is 5.76. The van der Waals surface area contributed by atoms with Gasteiger partial charge in [-0.15, -0.1) is 0 Å². The molecule has 0 aliphatic heterocycles. The summed E-state index contributed by atoms with van der Waals surface area (Å²) in [6.45, 7) is 4.93. The monoisotopic (exact) mass is 1060 g/mol. The first-order valence-electron chi connectivity index (χ1n) is 34.5. The number of esters is 1. The van der Waals surface area contributed by atoms with Crippen molar-refractivity contribution in [3.8, 4) is 0 Å². The fraction of sp³-hybridized carbons (Fsp3) is 0.942. The van der Waals surface area contributed by atoms with Crippen LogP contribution in [0, 0.1) is 0 Å². The summed E-state index contributed by atoms with van der Waals surface area (Å²) in [4.78, 5) is 24.5. The van der Waals surface area contributed by atoms with Crippen molar-refractivity contribution in [2.45, 2.75) is 405 Å². The zero-order chi connectivity index (χ0) is 54.3. The van der Waals surface area contributed by atoms with E-state index in [1.807, 2.05) is 6.08 Å². The van der Waals surface area contributed by atoms with Crippen molar-refractivity contribution in [2.75, 3.05) is 13.2 Å². The van der Waals surface area contributed by atoms with Crippen LogP contribution in [-0.2, 0) is 14.3 Å². The third kappa shape index (κ3) is 61.7. The highest BCUT2D eigenvalue weighted by atomic mass is 16.5. The smallest absolute Gasteiger partial charge is 0.305 e. The van der Waals surface area contributed by atoms with E-state index in [-0.39, 0.29) is 18.5 Å². The number of allylic oxidation sites excluding steroid dienone is 1. The Kier molecular flexibility index (Phi) is 63.9. The second-order valence-corrected chi connectivity index (χ2v) is 23.9. The van der Waals surface area contributed by atoms with Crippen molar-refractivity contribution in [1.29, 1.82) is 0 Å². The molecule has 1 amide bonds. The van der Waals surface area contributed by atoms with Crippen LogP contribution in [0.3, 0.4) is 0 Å². The summed E-state index contributed by atoms with van der Waals surface area (Å²) in [6.07, 6.45) is 80.1. The van der Waals surface area contributed by atoms with E-state index in [1.165, 1.54) is 327 Å². The molecule has 0 rings (SSSR count). The van der Waals surface area contributed by atoms with Crippen LogP contribution in [0.4, 0.5) is 0 Å². The van der Waals surface area contributed by atoms with Gasteiger partial charge in [-0.2, -0.15) is 0 Å². The van der Waals surface area contributed by atoms with E-state index in [4.69, 9.17) is 4.74 Å². The molecule has 75 heavy (non-hydrogen) atoms. The predicted molar refractivity (Wildman–Crippen MR) is 329 cm³/mol. The molecule has 0 radical (unpaired) electrons. The molecule has 0 spiro atoms. The number of amides is 1. The van der Waals surface area contributed by atoms with Crippen LogP contribution in [0.2, 0.25) is 0 Å². The van der Waals surface area contributed by atoms with E-state index >= 15 is 0 Å². The summed E-state index contributed by atoms with van der Waals surface area (Å²) < 4.78 is 5.48. The maximum absolute atomic E-state index is 12.5. The lowest BCUT2D eigenvalue weighted by Crippen LogP contribution is -2.45. The quantitative estimate of drug-likeness (QED) is 0.0320. The molecule has 0 bridgehead atoms. The molecule has 0 heterocycles. The molecule has 0 aliphatic rings. The first kappa shape index (κ1) is 73.6. The van der Waals surface area contributed by atoms with E-state index in [0.717, 1.165) is 38.5 Å². The van der Waals surface area contributed by atoms with Crippen molar-refractivity contribution in [3.05, 3.63) is 12.2 Å². The standard InChI is InChI=1S/C69H135NO5/c1-3-5-7-9-11-13-15-38-41-45-49-53-57-61-67(72)66(65-71)70-68(73)62-58-54-50-46-42-39-36-34-32-30-28-26-24-22-20-18-17-19-21-23-25-27-29-31-33-35-37-40-44-48-52-56-60-64-75-69(74)63-59-55-51-47-43-16-14-12-10-8-6-4-2/h57,61,66-67,71-72H,3-56,58-60,62-65H2,1-2H3,(H,70,73)/b61-57+. The zero-order valence-electron chi connectivity index (χ0n) is 51.1. The van der Waals surface area contributed by atoms with Gasteiger partial charge in [0.05, 0.1) is 25.4 Å². The number of aliphatic hydroxyl groups excluding tert-OH is 2. The summed E-state index contributed by atoms with van der Waals surface area (Å²) in [6, 6.07) is -0.622. The normalized spacial score (nSPS) is 12.5. The third-order valence-corrected chi connectivity index (χ3v) is 16.3. The van der Waals surface area contributed by atoms with Gasteiger partial charge in [-0.1, -0.05) is 360 Å². The number of nitrogens with one attached hydrogen (secondary N) is 1. The van der Waals surface area contributed by atoms with Crippen LogP contribution >= 0.6 is 0 Å². The van der Waals surface area contributed by atoms with Gasteiger partial charge in [-0.05, 0) is 32.1 Å². The third-order valence-electron chi connectivity index (χ3n) is 16.3. The Morgan fingerprint density at radius 3 is 0.907 bits per heavy atom. The van der Waals surface area contributed by atoms with E-state index in [9.17, 15) is 19.8 Å². The molecule has 0 aromatic heterocycles. The van der Waals surface area contributed by atoms with Crippen LogP contribution in [0.25, 0.3) is 0 Å². The lowest BCUT2D eigenvalue weighted by atomic mass is 10.0. The van der Waals surface area contributed by atoms with E-state index in [1.54, 1.807) is 6.08 Å². The summed E-state index contributed by atoms with van der Waals surface area (Å²) in [5, 5.41) is 23.1. The van der Waals surface area contributed by atoms with Gasteiger partial charge >= 0.3 is 5.97 Å². The van der Waals surface area contributed by atoms with Crippen molar-refractivity contribution in [1.82, 2.24) is 5.32 Å². The number of ether oxygens (including phenoxy) is 1. The minimum atomic E-state index is -0.839. The Balaban J connectivity index is 3.31. The number of hydrogen-bond acceptors (Lipinski definition) is 5. The minimum absolute atomic E-state index is 0.0228. The number of carbonyl (C=O) groups excluding carboxylic acids is 2. The minimum Gasteiger partial charge on any atom is -0.466 e. The van der Waals surface area contributed by atoms with Crippen LogP contribution in [-0.4, -0.2) is 47.4 Å². The molecule has 0 aromatic carbocycles. The summed E-state index contributed by atoms with van der Waals surface area (Å²) >= 11 is 0. The lowest BCUT2D eigenvalue weighted by molar-refractivity contribution is -0.143. The van der Waals surface area contributed by atoms with E-state index < -0.39 is 12.1 Å². The molecule has 0 saturated carbocycles. The van der Waals surface area contributed by atoms with Crippen LogP contribution in [0.5, 0.6) is 0 Å². The van der Waals surface area contributed by atoms with E-state index in [0.29, 0.717) is 19.4 Å². The van der Waals surface area contributed by atoms with Crippen molar-refractivity contribution in [2.24, 2.45) is 0 Å². The maximum atomic E-state index is 12.5. The molecule has 2 atom stereocenters. The average Bonchev–Trinajstić information content (AvgIpc) is 3.41. The van der Waals surface area contributed by atoms with E-state index in [2.05, 4.69) is 19.2 Å². The molecule has 0 saturated heterocycles. The molecule has 0 fully saturated rings. The molecule has 6 nitrogen and oxygen atoms in total. The van der Waals surface area contributed by atoms with Crippen LogP contribution in [0.15, 0.2) is 12.2 Å². The summed E-state index contributed by atoms with van der Waals surface area (Å²) in [7, 11) is 0. The fourth-order valence-electron chi connectivity index (χ4n) is 11.1. The number of unbranched alkanes of at least 4 members (excludes halogenated alkanes) is 54.